The van der Waals surface area contributed by atoms with Gasteiger partial charge >= 0.3 is 5.97 Å². The van der Waals surface area contributed by atoms with Crippen LogP contribution in [0.2, 0.25) is 0 Å². The number of carbonyl (C=O) groups is 1. The summed E-state index contributed by atoms with van der Waals surface area (Å²) in [5, 5.41) is 8.55. The fraction of sp³-hybridized carbons (Fsp3) is 0.500. The fourth-order valence-corrected chi connectivity index (χ4v) is 1.06. The first kappa shape index (κ1) is 13.3. The molecular weight excluding hydrogens is 234 g/mol. The van der Waals surface area contributed by atoms with Crippen LogP contribution in [0.3, 0.4) is 0 Å². The average Bonchev–Trinajstić information content (AvgIpc) is 2.24. The molecule has 0 radical (unpaired) electrons. The van der Waals surface area contributed by atoms with Gasteiger partial charge in [0.05, 0.1) is 19.0 Å². The maximum atomic E-state index is 12.4. The molecule has 1 aromatic heterocycles. The average molecular weight is 246 g/mol. The normalized spacial score (nSPS) is 11.2. The number of aromatic nitrogens is 2. The van der Waals surface area contributed by atoms with Crippen molar-refractivity contribution in [3.8, 4) is 5.88 Å². The number of hydrogen-bond acceptors (Lipinski definition) is 4. The van der Waals surface area contributed by atoms with Gasteiger partial charge in [-0.1, -0.05) is 0 Å². The second-order valence-corrected chi connectivity index (χ2v) is 3.57. The number of halogens is 2. The maximum absolute atomic E-state index is 12.4. The highest BCUT2D eigenvalue weighted by molar-refractivity contribution is 5.84. The Morgan fingerprint density at radius 2 is 2.18 bits per heavy atom. The Labute approximate surface area is 96.5 Å². The topological polar surface area (TPSA) is 72.3 Å². The van der Waals surface area contributed by atoms with E-state index in [-0.39, 0.29) is 31.0 Å². The lowest BCUT2D eigenvalue weighted by atomic mass is 10.2. The van der Waals surface area contributed by atoms with Crippen LogP contribution in [0.4, 0.5) is 8.78 Å². The van der Waals surface area contributed by atoms with Crippen LogP contribution >= 0.6 is 0 Å². The summed E-state index contributed by atoms with van der Waals surface area (Å²) in [5.41, 5.74) is -0.197. The predicted octanol–water partition coefficient (Wildman–Crippen LogP) is 1.99. The molecule has 17 heavy (non-hydrogen) atoms. The van der Waals surface area contributed by atoms with Gasteiger partial charge in [0.1, 0.15) is 0 Å². The zero-order valence-electron chi connectivity index (χ0n) is 9.19. The number of aromatic carboxylic acids is 1. The van der Waals surface area contributed by atoms with Crippen LogP contribution in [0.25, 0.3) is 0 Å². The summed E-state index contributed by atoms with van der Waals surface area (Å²) >= 11 is 0. The standard InChI is InChI=1S/C10H12F2N2O3/c1-10(11,12)3-2-4-17-8-6-13-7(5-14-8)9(15)16/h5-6H,2-4H2,1H3,(H,15,16). The minimum atomic E-state index is -2.71. The first-order valence-corrected chi connectivity index (χ1v) is 4.94. The summed E-state index contributed by atoms with van der Waals surface area (Å²) in [6, 6.07) is 0. The highest BCUT2D eigenvalue weighted by atomic mass is 19.3. The third kappa shape index (κ3) is 5.19. The molecule has 0 aliphatic carbocycles. The van der Waals surface area contributed by atoms with Crippen molar-refractivity contribution in [1.29, 1.82) is 0 Å². The van der Waals surface area contributed by atoms with Crippen molar-refractivity contribution in [3.05, 3.63) is 18.1 Å². The zero-order valence-corrected chi connectivity index (χ0v) is 9.19. The minimum Gasteiger partial charge on any atom is -0.477 e. The van der Waals surface area contributed by atoms with E-state index in [1.165, 1.54) is 0 Å². The van der Waals surface area contributed by atoms with Crippen molar-refractivity contribution in [2.45, 2.75) is 25.7 Å². The van der Waals surface area contributed by atoms with E-state index in [0.717, 1.165) is 19.3 Å². The van der Waals surface area contributed by atoms with Crippen molar-refractivity contribution in [2.75, 3.05) is 6.61 Å². The minimum absolute atomic E-state index is 0.0878. The molecule has 1 rings (SSSR count). The predicted molar refractivity (Wildman–Crippen MR) is 54.3 cm³/mol. The molecule has 7 heteroatoms. The molecule has 0 unspecified atom stereocenters. The van der Waals surface area contributed by atoms with Crippen LogP contribution in [0.5, 0.6) is 5.88 Å². The van der Waals surface area contributed by atoms with Crippen molar-refractivity contribution in [2.24, 2.45) is 0 Å². The number of hydrogen-bond donors (Lipinski definition) is 1. The second-order valence-electron chi connectivity index (χ2n) is 3.57. The van der Waals surface area contributed by atoms with Gasteiger partial charge in [-0.3, -0.25) is 0 Å². The van der Waals surface area contributed by atoms with E-state index in [2.05, 4.69) is 9.97 Å². The van der Waals surface area contributed by atoms with Gasteiger partial charge in [0.15, 0.2) is 5.69 Å². The molecule has 0 fully saturated rings. The van der Waals surface area contributed by atoms with Crippen molar-refractivity contribution in [3.63, 3.8) is 0 Å². The van der Waals surface area contributed by atoms with Crippen LogP contribution in [0, 0.1) is 0 Å². The lowest BCUT2D eigenvalue weighted by Crippen LogP contribution is -2.12. The molecule has 0 saturated carbocycles. The summed E-state index contributed by atoms with van der Waals surface area (Å²) in [5.74, 6) is -3.77. The van der Waals surface area contributed by atoms with Gasteiger partial charge in [-0.2, -0.15) is 0 Å². The lowest BCUT2D eigenvalue weighted by Gasteiger charge is -2.09. The van der Waals surface area contributed by atoms with Gasteiger partial charge in [0, 0.05) is 6.42 Å². The van der Waals surface area contributed by atoms with Gasteiger partial charge < -0.3 is 9.84 Å². The van der Waals surface area contributed by atoms with E-state index in [1.807, 2.05) is 0 Å². The van der Waals surface area contributed by atoms with E-state index >= 15 is 0 Å². The summed E-state index contributed by atoms with van der Waals surface area (Å²) in [6.45, 7) is 0.930. The van der Waals surface area contributed by atoms with Gasteiger partial charge in [-0.25, -0.2) is 23.5 Å². The van der Waals surface area contributed by atoms with E-state index < -0.39 is 11.9 Å². The summed E-state index contributed by atoms with van der Waals surface area (Å²) in [6.07, 6.45) is 2.11. The first-order chi connectivity index (χ1) is 7.88. The quantitative estimate of drug-likeness (QED) is 0.777. The van der Waals surface area contributed by atoms with E-state index in [0.29, 0.717) is 0 Å². The van der Waals surface area contributed by atoms with Crippen LogP contribution in [-0.4, -0.2) is 33.6 Å². The third-order valence-electron chi connectivity index (χ3n) is 1.86. The summed E-state index contributed by atoms with van der Waals surface area (Å²) in [4.78, 5) is 17.7. The summed E-state index contributed by atoms with van der Waals surface area (Å²) < 4.78 is 29.9. The van der Waals surface area contributed by atoms with Gasteiger partial charge in [-0.15, -0.1) is 0 Å². The molecule has 0 bridgehead atoms. The van der Waals surface area contributed by atoms with Crippen LogP contribution in [0.1, 0.15) is 30.3 Å². The number of ether oxygens (including phenoxy) is 1. The fourth-order valence-electron chi connectivity index (χ4n) is 1.06. The van der Waals surface area contributed by atoms with Crippen LogP contribution < -0.4 is 4.74 Å². The van der Waals surface area contributed by atoms with Crippen molar-refractivity contribution >= 4 is 5.97 Å². The number of alkyl halides is 2. The van der Waals surface area contributed by atoms with Gasteiger partial charge in [0.25, 0.3) is 0 Å². The molecule has 5 nitrogen and oxygen atoms in total. The summed E-state index contributed by atoms with van der Waals surface area (Å²) in [7, 11) is 0. The monoisotopic (exact) mass is 246 g/mol. The van der Waals surface area contributed by atoms with Gasteiger partial charge in [-0.05, 0) is 13.3 Å². The highest BCUT2D eigenvalue weighted by Gasteiger charge is 2.19. The van der Waals surface area contributed by atoms with Crippen molar-refractivity contribution in [1.82, 2.24) is 9.97 Å². The Balaban J connectivity index is 2.35. The molecule has 0 aliphatic heterocycles. The first-order valence-electron chi connectivity index (χ1n) is 4.94. The van der Waals surface area contributed by atoms with Crippen molar-refractivity contribution < 1.29 is 23.4 Å². The Hall–Kier alpha value is -1.79. The zero-order chi connectivity index (χ0) is 12.9. The molecule has 1 N–H and O–H groups in total. The van der Waals surface area contributed by atoms with Crippen LogP contribution in [0.15, 0.2) is 12.4 Å². The van der Waals surface area contributed by atoms with E-state index in [1.54, 1.807) is 0 Å². The molecule has 1 heterocycles. The third-order valence-corrected chi connectivity index (χ3v) is 1.86. The SMILES string of the molecule is CC(F)(F)CCCOc1cnc(C(=O)O)cn1. The van der Waals surface area contributed by atoms with Crippen LogP contribution in [-0.2, 0) is 0 Å². The maximum Gasteiger partial charge on any atom is 0.356 e. The highest BCUT2D eigenvalue weighted by Crippen LogP contribution is 2.18. The molecule has 1 aromatic rings. The van der Waals surface area contributed by atoms with E-state index in [4.69, 9.17) is 9.84 Å². The number of rotatable bonds is 6. The molecule has 0 amide bonds. The Kier molecular flexibility index (Phi) is 4.30. The number of nitrogens with zero attached hydrogens (tertiary/aromatic N) is 2. The van der Waals surface area contributed by atoms with Gasteiger partial charge in [0.2, 0.25) is 11.8 Å². The smallest absolute Gasteiger partial charge is 0.356 e. The Morgan fingerprint density at radius 1 is 1.47 bits per heavy atom. The van der Waals surface area contributed by atoms with E-state index in [9.17, 15) is 13.6 Å². The molecule has 94 valence electrons. The second kappa shape index (κ2) is 5.51. The lowest BCUT2D eigenvalue weighted by molar-refractivity contribution is 0.00752. The number of carboxylic acid groups (broad SMARTS) is 1. The molecule has 0 atom stereocenters. The molecular formula is C10H12F2N2O3. The molecule has 0 aromatic carbocycles. The largest absolute Gasteiger partial charge is 0.477 e. The number of carboxylic acids is 1. The molecule has 0 saturated heterocycles. The molecule has 0 spiro atoms. The Morgan fingerprint density at radius 3 is 2.65 bits per heavy atom. The molecule has 0 aliphatic rings. The Bertz CT molecular complexity index is 376.